The van der Waals surface area contributed by atoms with E-state index in [1.165, 1.54) is 6.07 Å². The normalized spacial score (nSPS) is 25.1. The number of halogens is 1. The lowest BCUT2D eigenvalue weighted by molar-refractivity contribution is -0.0543. The number of hydrogen-bond donors (Lipinski definition) is 2. The van der Waals surface area contributed by atoms with Gasteiger partial charge in [0.15, 0.2) is 6.29 Å². The third kappa shape index (κ3) is 7.51. The van der Waals surface area contributed by atoms with E-state index in [4.69, 9.17) is 18.9 Å². The van der Waals surface area contributed by atoms with Crippen molar-refractivity contribution in [1.82, 2.24) is 9.97 Å². The molecule has 2 aliphatic rings. The van der Waals surface area contributed by atoms with E-state index in [9.17, 15) is 14.6 Å². The molecule has 2 N–H and O–H groups in total. The van der Waals surface area contributed by atoms with Crippen LogP contribution in [-0.4, -0.2) is 91.3 Å². The Morgan fingerprint density at radius 3 is 2.60 bits per heavy atom. The number of aliphatic hydroxyl groups excluding tert-OH is 1. The minimum Gasteiger partial charge on any atom is -0.494 e. The van der Waals surface area contributed by atoms with Crippen molar-refractivity contribution < 1.29 is 33.6 Å². The minimum atomic E-state index is -1.43. The maximum atomic E-state index is 14.6. The molecule has 2 aliphatic heterocycles. The Morgan fingerprint density at radius 1 is 1.10 bits per heavy atom. The molecule has 40 heavy (non-hydrogen) atoms. The van der Waals surface area contributed by atoms with Gasteiger partial charge in [0.05, 0.1) is 30.8 Å². The smallest absolute Gasteiger partial charge is 0.232 e. The van der Waals surface area contributed by atoms with Gasteiger partial charge >= 0.3 is 0 Å². The van der Waals surface area contributed by atoms with E-state index in [1.807, 2.05) is 16.7 Å². The molecule has 0 radical (unpaired) electrons. The number of anilines is 2. The van der Waals surface area contributed by atoms with Gasteiger partial charge in [0.25, 0.3) is 0 Å². The molecule has 1 aromatic heterocycles. The van der Waals surface area contributed by atoms with E-state index in [1.54, 1.807) is 31.6 Å². The molecule has 1 aromatic carbocycles. The summed E-state index contributed by atoms with van der Waals surface area (Å²) in [4.78, 5) is 13.2. The second kappa shape index (κ2) is 14.2. The van der Waals surface area contributed by atoms with Crippen molar-refractivity contribution in [3.05, 3.63) is 36.4 Å². The van der Waals surface area contributed by atoms with Crippen LogP contribution in [0.5, 0.6) is 11.6 Å². The molecule has 5 atom stereocenters. The topological polar surface area (TPSA) is 110 Å². The Balaban J connectivity index is 1.37. The van der Waals surface area contributed by atoms with Crippen molar-refractivity contribution in [2.75, 3.05) is 56.4 Å². The summed E-state index contributed by atoms with van der Waals surface area (Å²) in [6.07, 6.45) is 3.40. The molecule has 3 heterocycles. The van der Waals surface area contributed by atoms with Crippen LogP contribution < -0.4 is 19.3 Å². The summed E-state index contributed by atoms with van der Waals surface area (Å²) in [5.41, 5.74) is 0.545. The molecular weight excluding hydrogens is 519 g/mol. The van der Waals surface area contributed by atoms with Gasteiger partial charge in [-0.15, -0.1) is 0 Å². The van der Waals surface area contributed by atoms with E-state index in [0.29, 0.717) is 69.0 Å². The predicted octanol–water partition coefficient (Wildman–Crippen LogP) is 3.26. The zero-order valence-electron chi connectivity index (χ0n) is 23.9. The standard InChI is InChI=1S/C29H43FN4O6/c1-5-38-21-7-8-22(30)24(13-21)33-10-9-25(19(2)17-33)40-28-16-31-27(15-32-28)34-18-26(39-12-6-11-37-4)20(3)23(34)14-29(35)36/h7-8,13,15-16,19-20,23,25-26,29,35-36H,5-6,9-12,14,17-18H2,1-4H3/t19-,20?,23?,25-,26?/m1/s1. The Morgan fingerprint density at radius 2 is 1.93 bits per heavy atom. The average Bonchev–Trinajstić information content (AvgIpc) is 3.23. The molecule has 4 rings (SSSR count). The maximum Gasteiger partial charge on any atom is 0.232 e. The summed E-state index contributed by atoms with van der Waals surface area (Å²) in [6.45, 7) is 9.66. The van der Waals surface area contributed by atoms with Gasteiger partial charge in [-0.1, -0.05) is 13.8 Å². The number of nitrogens with zero attached hydrogens (tertiary/aromatic N) is 4. The maximum absolute atomic E-state index is 14.6. The van der Waals surface area contributed by atoms with Crippen LogP contribution in [0.2, 0.25) is 0 Å². The van der Waals surface area contributed by atoms with Gasteiger partial charge in [0.2, 0.25) is 5.88 Å². The summed E-state index contributed by atoms with van der Waals surface area (Å²) in [7, 11) is 1.67. The molecule has 2 aromatic rings. The number of hydrogen-bond acceptors (Lipinski definition) is 10. The summed E-state index contributed by atoms with van der Waals surface area (Å²) in [6, 6.07) is 4.71. The van der Waals surface area contributed by atoms with Crippen LogP contribution in [0.1, 0.15) is 40.0 Å². The third-order valence-electron chi connectivity index (χ3n) is 7.82. The van der Waals surface area contributed by atoms with Crippen LogP contribution in [0.15, 0.2) is 30.6 Å². The molecule has 2 saturated heterocycles. The zero-order valence-corrected chi connectivity index (χ0v) is 23.9. The Kier molecular flexibility index (Phi) is 10.8. The van der Waals surface area contributed by atoms with Gasteiger partial charge in [-0.2, -0.15) is 0 Å². The monoisotopic (exact) mass is 562 g/mol. The molecule has 0 amide bonds. The van der Waals surface area contributed by atoms with Crippen molar-refractivity contribution in [2.45, 2.75) is 64.6 Å². The van der Waals surface area contributed by atoms with E-state index >= 15 is 0 Å². The van der Waals surface area contributed by atoms with Crippen LogP contribution in [-0.2, 0) is 9.47 Å². The highest BCUT2D eigenvalue weighted by Crippen LogP contribution is 2.34. The van der Waals surface area contributed by atoms with E-state index in [2.05, 4.69) is 23.8 Å². The molecule has 0 aliphatic carbocycles. The first-order chi connectivity index (χ1) is 19.3. The number of methoxy groups -OCH3 is 1. The Hall–Kier alpha value is -2.73. The average molecular weight is 563 g/mol. The van der Waals surface area contributed by atoms with Gasteiger partial charge in [0, 0.05) is 76.7 Å². The molecule has 222 valence electrons. The molecule has 3 unspecified atom stereocenters. The fourth-order valence-electron chi connectivity index (χ4n) is 5.67. The van der Waals surface area contributed by atoms with Crippen molar-refractivity contribution >= 4 is 11.5 Å². The fraction of sp³-hybridized carbons (Fsp3) is 0.655. The van der Waals surface area contributed by atoms with Gasteiger partial charge in [-0.05, 0) is 25.5 Å². The highest BCUT2D eigenvalue weighted by molar-refractivity contribution is 5.52. The van der Waals surface area contributed by atoms with Gasteiger partial charge in [-0.25, -0.2) is 14.4 Å². The van der Waals surface area contributed by atoms with Crippen LogP contribution >= 0.6 is 0 Å². The highest BCUT2D eigenvalue weighted by Gasteiger charge is 2.41. The van der Waals surface area contributed by atoms with Crippen molar-refractivity contribution in [3.8, 4) is 11.6 Å². The molecular formula is C29H43FN4O6. The SMILES string of the molecule is CCOc1ccc(F)c(N2CC[C@@H](Oc3cnc(N4CC(OCCCOC)C(C)C4CC(O)O)cn3)[C@H](C)C2)c1. The highest BCUT2D eigenvalue weighted by atomic mass is 19.1. The van der Waals surface area contributed by atoms with Crippen molar-refractivity contribution in [1.29, 1.82) is 0 Å². The van der Waals surface area contributed by atoms with Crippen molar-refractivity contribution in [3.63, 3.8) is 0 Å². The first-order valence-electron chi connectivity index (χ1n) is 14.2. The van der Waals surface area contributed by atoms with Crippen LogP contribution in [0.4, 0.5) is 15.9 Å². The predicted molar refractivity (Wildman–Crippen MR) is 149 cm³/mol. The molecule has 0 spiro atoms. The van der Waals surface area contributed by atoms with Gasteiger partial charge in [-0.3, -0.25) is 0 Å². The quantitative estimate of drug-likeness (QED) is 0.279. The number of piperidine rings is 1. The minimum absolute atomic E-state index is 0.0663. The molecule has 0 bridgehead atoms. The second-order valence-corrected chi connectivity index (χ2v) is 10.7. The lowest BCUT2D eigenvalue weighted by atomic mass is 9.96. The second-order valence-electron chi connectivity index (χ2n) is 10.7. The largest absolute Gasteiger partial charge is 0.494 e. The molecule has 10 nitrogen and oxygen atoms in total. The number of benzene rings is 1. The van der Waals surface area contributed by atoms with E-state index in [-0.39, 0.29) is 42.3 Å². The van der Waals surface area contributed by atoms with Crippen LogP contribution in [0.25, 0.3) is 0 Å². The van der Waals surface area contributed by atoms with E-state index < -0.39 is 6.29 Å². The van der Waals surface area contributed by atoms with Gasteiger partial charge < -0.3 is 39.0 Å². The van der Waals surface area contributed by atoms with Crippen molar-refractivity contribution in [2.24, 2.45) is 11.8 Å². The first-order valence-corrected chi connectivity index (χ1v) is 14.2. The number of ether oxygens (including phenoxy) is 4. The summed E-state index contributed by atoms with van der Waals surface area (Å²) >= 11 is 0. The Bertz CT molecular complexity index is 1060. The summed E-state index contributed by atoms with van der Waals surface area (Å²) < 4.78 is 37.5. The lowest BCUT2D eigenvalue weighted by Crippen LogP contribution is -2.44. The Labute approximate surface area is 236 Å². The molecule has 11 heteroatoms. The fourth-order valence-corrected chi connectivity index (χ4v) is 5.67. The number of aliphatic hydroxyl groups is 2. The summed E-state index contributed by atoms with van der Waals surface area (Å²) in [5, 5.41) is 19.4. The number of aromatic nitrogens is 2. The first kappa shape index (κ1) is 30.2. The lowest BCUT2D eigenvalue weighted by Gasteiger charge is -2.38. The molecule has 2 fully saturated rings. The molecule has 0 saturated carbocycles. The zero-order chi connectivity index (χ0) is 28.6. The van der Waals surface area contributed by atoms with Crippen LogP contribution in [0, 0.1) is 17.7 Å². The van der Waals surface area contributed by atoms with E-state index in [0.717, 1.165) is 6.42 Å². The number of rotatable bonds is 13. The van der Waals surface area contributed by atoms with Crippen LogP contribution in [0.3, 0.4) is 0 Å². The third-order valence-corrected chi connectivity index (χ3v) is 7.82. The summed E-state index contributed by atoms with van der Waals surface area (Å²) in [5.74, 6) is 1.68. The van der Waals surface area contributed by atoms with Gasteiger partial charge in [0.1, 0.15) is 23.5 Å².